The van der Waals surface area contributed by atoms with Gasteiger partial charge in [0.05, 0.1) is 0 Å². The van der Waals surface area contributed by atoms with E-state index in [1.165, 1.54) is 186 Å². The number of esters is 3. The van der Waals surface area contributed by atoms with Crippen LogP contribution in [-0.4, -0.2) is 37.2 Å². The van der Waals surface area contributed by atoms with Crippen molar-refractivity contribution in [3.63, 3.8) is 0 Å². The fourth-order valence-corrected chi connectivity index (χ4v) is 7.91. The molecule has 0 spiro atoms. The summed E-state index contributed by atoms with van der Waals surface area (Å²) in [5.41, 5.74) is 0. The largest absolute Gasteiger partial charge is 0.462 e. The number of carbonyl (C=O) groups is 3. The molecule has 0 aromatic rings. The number of hydrogen-bond donors (Lipinski definition) is 0. The van der Waals surface area contributed by atoms with E-state index in [9.17, 15) is 14.4 Å². The third-order valence-corrected chi connectivity index (χ3v) is 12.0. The van der Waals surface area contributed by atoms with Crippen LogP contribution in [0.15, 0.2) is 24.3 Å². The van der Waals surface area contributed by atoms with Gasteiger partial charge in [-0.05, 0) is 44.9 Å². The number of unbranched alkanes of at least 4 members (excludes halogenated alkanes) is 35. The molecule has 1 atom stereocenters. The number of allylic oxidation sites excluding steroid dienone is 4. The zero-order valence-corrected chi connectivity index (χ0v) is 40.9. The molecule has 0 aliphatic carbocycles. The molecule has 0 aliphatic heterocycles. The second-order valence-corrected chi connectivity index (χ2v) is 18.2. The summed E-state index contributed by atoms with van der Waals surface area (Å²) < 4.78 is 16.8. The topological polar surface area (TPSA) is 78.9 Å². The maximum atomic E-state index is 12.8. The van der Waals surface area contributed by atoms with E-state index < -0.39 is 6.10 Å². The van der Waals surface area contributed by atoms with Gasteiger partial charge in [0.2, 0.25) is 0 Å². The molecule has 0 saturated carbocycles. The molecule has 0 saturated heterocycles. The summed E-state index contributed by atoms with van der Waals surface area (Å²) in [6.45, 7) is 6.63. The molecule has 0 rings (SSSR count). The Morgan fingerprint density at radius 3 is 0.902 bits per heavy atom. The quantitative estimate of drug-likeness (QED) is 0.0262. The molecule has 0 aromatic heterocycles. The first-order valence-corrected chi connectivity index (χ1v) is 26.9. The Labute approximate surface area is 379 Å². The fourth-order valence-electron chi connectivity index (χ4n) is 7.91. The molecule has 1 unspecified atom stereocenters. The summed E-state index contributed by atoms with van der Waals surface area (Å²) in [6, 6.07) is 0. The smallest absolute Gasteiger partial charge is 0.306 e. The van der Waals surface area contributed by atoms with E-state index in [0.29, 0.717) is 19.3 Å². The van der Waals surface area contributed by atoms with Gasteiger partial charge in [-0.15, -0.1) is 0 Å². The highest BCUT2D eigenvalue weighted by atomic mass is 16.6. The molecular formula is C55H102O6. The Hall–Kier alpha value is -2.11. The zero-order valence-electron chi connectivity index (χ0n) is 40.9. The van der Waals surface area contributed by atoms with Crippen LogP contribution >= 0.6 is 0 Å². The molecule has 0 bridgehead atoms. The number of hydrogen-bond acceptors (Lipinski definition) is 6. The Kier molecular flexibility index (Phi) is 48.8. The molecule has 6 nitrogen and oxygen atoms in total. The van der Waals surface area contributed by atoms with Crippen LogP contribution in [0.2, 0.25) is 0 Å². The van der Waals surface area contributed by atoms with E-state index >= 15 is 0 Å². The Morgan fingerprint density at radius 2 is 0.574 bits per heavy atom. The van der Waals surface area contributed by atoms with E-state index in [0.717, 1.165) is 64.2 Å². The molecule has 0 radical (unpaired) electrons. The second-order valence-electron chi connectivity index (χ2n) is 18.2. The third kappa shape index (κ3) is 48.8. The van der Waals surface area contributed by atoms with E-state index in [2.05, 4.69) is 45.1 Å². The molecule has 0 heterocycles. The minimum absolute atomic E-state index is 0.0698. The summed E-state index contributed by atoms with van der Waals surface area (Å²) in [4.78, 5) is 38.0. The lowest BCUT2D eigenvalue weighted by atomic mass is 10.0. The Morgan fingerprint density at radius 1 is 0.328 bits per heavy atom. The van der Waals surface area contributed by atoms with Gasteiger partial charge in [-0.3, -0.25) is 14.4 Å². The maximum Gasteiger partial charge on any atom is 0.306 e. The van der Waals surface area contributed by atoms with Gasteiger partial charge in [0.25, 0.3) is 0 Å². The summed E-state index contributed by atoms with van der Waals surface area (Å²) in [5, 5.41) is 0. The van der Waals surface area contributed by atoms with Gasteiger partial charge in [0.15, 0.2) is 6.10 Å². The minimum Gasteiger partial charge on any atom is -0.462 e. The van der Waals surface area contributed by atoms with Crippen LogP contribution in [-0.2, 0) is 28.6 Å². The summed E-state index contributed by atoms with van der Waals surface area (Å²) in [6.07, 6.45) is 57.2. The average molecular weight is 859 g/mol. The molecule has 0 aliphatic rings. The predicted molar refractivity (Wildman–Crippen MR) is 261 cm³/mol. The van der Waals surface area contributed by atoms with Crippen LogP contribution in [0.1, 0.15) is 290 Å². The third-order valence-electron chi connectivity index (χ3n) is 12.0. The van der Waals surface area contributed by atoms with Crippen LogP contribution in [0.5, 0.6) is 0 Å². The van der Waals surface area contributed by atoms with E-state index in [1.807, 2.05) is 0 Å². The second kappa shape index (κ2) is 50.5. The van der Waals surface area contributed by atoms with Gasteiger partial charge in [-0.2, -0.15) is 0 Å². The Bertz CT molecular complexity index is 989. The molecule has 358 valence electrons. The van der Waals surface area contributed by atoms with Crippen LogP contribution in [0.25, 0.3) is 0 Å². The maximum absolute atomic E-state index is 12.8. The molecule has 6 heteroatoms. The van der Waals surface area contributed by atoms with Crippen molar-refractivity contribution in [3.05, 3.63) is 24.3 Å². The molecule has 0 amide bonds. The van der Waals surface area contributed by atoms with Gasteiger partial charge >= 0.3 is 17.9 Å². The zero-order chi connectivity index (χ0) is 44.4. The molecular weight excluding hydrogens is 757 g/mol. The molecule has 61 heavy (non-hydrogen) atoms. The van der Waals surface area contributed by atoms with Gasteiger partial charge < -0.3 is 14.2 Å². The van der Waals surface area contributed by atoms with E-state index in [-0.39, 0.29) is 31.1 Å². The summed E-state index contributed by atoms with van der Waals surface area (Å²) in [7, 11) is 0. The first kappa shape index (κ1) is 58.9. The lowest BCUT2D eigenvalue weighted by Gasteiger charge is -2.18. The summed E-state index contributed by atoms with van der Waals surface area (Å²) >= 11 is 0. The van der Waals surface area contributed by atoms with E-state index in [4.69, 9.17) is 14.2 Å². The average Bonchev–Trinajstić information content (AvgIpc) is 3.26. The fraction of sp³-hybridized carbons (Fsp3) is 0.873. The summed E-state index contributed by atoms with van der Waals surface area (Å²) in [5.74, 6) is -0.865. The van der Waals surface area contributed by atoms with Gasteiger partial charge in [-0.1, -0.05) is 251 Å². The van der Waals surface area contributed by atoms with Gasteiger partial charge in [-0.25, -0.2) is 0 Å². The van der Waals surface area contributed by atoms with Gasteiger partial charge in [0.1, 0.15) is 13.2 Å². The van der Waals surface area contributed by atoms with Crippen molar-refractivity contribution < 1.29 is 28.6 Å². The van der Waals surface area contributed by atoms with Gasteiger partial charge in [0, 0.05) is 19.3 Å². The number of ether oxygens (including phenoxy) is 3. The normalized spacial score (nSPS) is 12.1. The highest BCUT2D eigenvalue weighted by Gasteiger charge is 2.19. The number of carbonyl (C=O) groups excluding carboxylic acids is 3. The van der Waals surface area contributed by atoms with Crippen molar-refractivity contribution in [2.45, 2.75) is 297 Å². The van der Waals surface area contributed by atoms with Crippen molar-refractivity contribution in [1.82, 2.24) is 0 Å². The molecule has 0 N–H and O–H groups in total. The Balaban J connectivity index is 4.35. The van der Waals surface area contributed by atoms with Crippen molar-refractivity contribution in [2.24, 2.45) is 0 Å². The lowest BCUT2D eigenvalue weighted by Crippen LogP contribution is -2.30. The highest BCUT2D eigenvalue weighted by molar-refractivity contribution is 5.71. The molecule has 0 aromatic carbocycles. The van der Waals surface area contributed by atoms with E-state index in [1.54, 1.807) is 0 Å². The van der Waals surface area contributed by atoms with Crippen molar-refractivity contribution in [3.8, 4) is 0 Å². The lowest BCUT2D eigenvalue weighted by molar-refractivity contribution is -0.167. The van der Waals surface area contributed by atoms with Crippen molar-refractivity contribution in [1.29, 1.82) is 0 Å². The minimum atomic E-state index is -0.769. The monoisotopic (exact) mass is 859 g/mol. The van der Waals surface area contributed by atoms with Crippen molar-refractivity contribution >= 4 is 17.9 Å². The highest BCUT2D eigenvalue weighted by Crippen LogP contribution is 2.16. The standard InChI is InChI=1S/C55H102O6/c1-4-7-10-13-16-19-22-25-28-31-33-36-39-42-45-48-54(57)60-51-52(61-55(58)49-46-43-40-37-34-30-27-24-21-18-15-12-9-6-3)50-59-53(56)47-44-41-38-35-32-29-26-23-20-17-14-11-8-5-2/h16,19,22,25,52H,4-15,17-18,20-21,23-24,26-51H2,1-3H3/b19-16-,25-22-. The first-order chi connectivity index (χ1) is 30.0. The number of rotatable bonds is 49. The molecule has 0 fully saturated rings. The van der Waals surface area contributed by atoms with Crippen LogP contribution < -0.4 is 0 Å². The van der Waals surface area contributed by atoms with Crippen LogP contribution in [0.4, 0.5) is 0 Å². The predicted octanol–water partition coefficient (Wildman–Crippen LogP) is 17.5. The SMILES string of the molecule is CCCCC/C=C\C=C/CCCCCCCCC(=O)OCC(COC(=O)CCCCCCCCCCCCCCCC)OC(=O)CCCCCCCCCCCCCCCC. The van der Waals surface area contributed by atoms with Crippen molar-refractivity contribution in [2.75, 3.05) is 13.2 Å². The van der Waals surface area contributed by atoms with Crippen LogP contribution in [0, 0.1) is 0 Å². The van der Waals surface area contributed by atoms with Crippen LogP contribution in [0.3, 0.4) is 0 Å². The first-order valence-electron chi connectivity index (χ1n) is 26.9.